The van der Waals surface area contributed by atoms with Crippen LogP contribution in [0.3, 0.4) is 0 Å². The van der Waals surface area contributed by atoms with Gasteiger partial charge in [0.1, 0.15) is 5.82 Å². The molecule has 3 rings (SSSR count). The van der Waals surface area contributed by atoms with Crippen LogP contribution in [0.25, 0.3) is 0 Å². The third kappa shape index (κ3) is 3.28. The highest BCUT2D eigenvalue weighted by atomic mass is 32.2. The van der Waals surface area contributed by atoms with Gasteiger partial charge >= 0.3 is 0 Å². The fourth-order valence-electron chi connectivity index (χ4n) is 2.62. The second kappa shape index (κ2) is 7.04. The molecule has 24 heavy (non-hydrogen) atoms. The Bertz CT molecular complexity index is 804. The van der Waals surface area contributed by atoms with Gasteiger partial charge in [-0.1, -0.05) is 24.8 Å². The topological polar surface area (TPSA) is 97.0 Å². The second-order valence-electron chi connectivity index (χ2n) is 5.42. The summed E-state index contributed by atoms with van der Waals surface area (Å²) in [6.45, 7) is 2.05. The number of hydrogen-bond donors (Lipinski definition) is 2. The summed E-state index contributed by atoms with van der Waals surface area (Å²) in [6.07, 6.45) is 2.79. The fraction of sp³-hybridized carbons (Fsp3) is 0.375. The van der Waals surface area contributed by atoms with Crippen LogP contribution in [-0.4, -0.2) is 33.7 Å². The number of methoxy groups -OCH3 is 1. The van der Waals surface area contributed by atoms with E-state index in [1.165, 1.54) is 18.9 Å². The number of rotatable bonds is 5. The van der Waals surface area contributed by atoms with Gasteiger partial charge in [0.25, 0.3) is 5.56 Å². The smallest absolute Gasteiger partial charge is 0.257 e. The number of ether oxygens (including phenoxy) is 1. The summed E-state index contributed by atoms with van der Waals surface area (Å²) < 4.78 is 5.05. The Kier molecular flexibility index (Phi) is 4.84. The van der Waals surface area contributed by atoms with Crippen molar-refractivity contribution in [3.05, 3.63) is 39.8 Å². The lowest BCUT2D eigenvalue weighted by Crippen LogP contribution is -2.31. The summed E-state index contributed by atoms with van der Waals surface area (Å²) >= 11 is 1.46. The van der Waals surface area contributed by atoms with Gasteiger partial charge in [0.05, 0.1) is 12.7 Å². The summed E-state index contributed by atoms with van der Waals surface area (Å²) in [7, 11) is 1.54. The molecule has 2 N–H and O–H groups in total. The number of H-pyrrole nitrogens is 1. The quantitative estimate of drug-likeness (QED) is 0.636. The Labute approximate surface area is 143 Å². The highest BCUT2D eigenvalue weighted by molar-refractivity contribution is 7.99. The second-order valence-corrected chi connectivity index (χ2v) is 6.50. The molecule has 8 heteroatoms. The molecule has 2 aromatic heterocycles. The zero-order valence-electron chi connectivity index (χ0n) is 13.5. The van der Waals surface area contributed by atoms with E-state index in [4.69, 9.17) is 4.74 Å². The number of aromatic nitrogens is 3. The maximum absolute atomic E-state index is 12.6. The molecular formula is C16H18N4O3S. The third-order valence-corrected chi connectivity index (χ3v) is 4.82. The monoisotopic (exact) mass is 346 g/mol. The van der Waals surface area contributed by atoms with E-state index >= 15 is 0 Å². The first-order valence-corrected chi connectivity index (χ1v) is 8.67. The number of amides is 1. The number of fused-ring (bicyclic) bond motifs is 1. The molecule has 1 aliphatic rings. The summed E-state index contributed by atoms with van der Waals surface area (Å²) in [5.74, 6) is 1.15. The van der Waals surface area contributed by atoms with Crippen LogP contribution in [0.1, 0.15) is 36.8 Å². The predicted octanol–water partition coefficient (Wildman–Crippen LogP) is 2.15. The van der Waals surface area contributed by atoms with Crippen LogP contribution >= 0.6 is 11.8 Å². The highest BCUT2D eigenvalue weighted by Gasteiger charge is 2.31. The Morgan fingerprint density at radius 2 is 2.21 bits per heavy atom. The number of nitrogens with one attached hydrogen (secondary N) is 2. The van der Waals surface area contributed by atoms with Gasteiger partial charge in [0.2, 0.25) is 11.8 Å². The van der Waals surface area contributed by atoms with E-state index in [-0.39, 0.29) is 23.8 Å². The fourth-order valence-corrected chi connectivity index (χ4v) is 3.34. The van der Waals surface area contributed by atoms with Crippen molar-refractivity contribution in [3.63, 3.8) is 0 Å². The molecular weight excluding hydrogens is 328 g/mol. The number of aromatic amines is 1. The molecule has 3 heterocycles. The zero-order valence-corrected chi connectivity index (χ0v) is 14.3. The number of thioether (sulfide) groups is 1. The highest BCUT2D eigenvalue weighted by Crippen LogP contribution is 2.34. The molecule has 0 saturated carbocycles. The predicted molar refractivity (Wildman–Crippen MR) is 91.8 cm³/mol. The van der Waals surface area contributed by atoms with Crippen LogP contribution < -0.4 is 15.6 Å². The van der Waals surface area contributed by atoms with Gasteiger partial charge in [-0.15, -0.1) is 0 Å². The molecule has 0 saturated heterocycles. The van der Waals surface area contributed by atoms with E-state index in [9.17, 15) is 9.59 Å². The van der Waals surface area contributed by atoms with E-state index in [2.05, 4.69) is 27.2 Å². The normalized spacial score (nSPS) is 16.4. The molecule has 1 unspecified atom stereocenters. The number of anilines is 1. The number of hydrogen-bond acceptors (Lipinski definition) is 6. The maximum atomic E-state index is 12.6. The largest absolute Gasteiger partial charge is 0.481 e. The summed E-state index contributed by atoms with van der Waals surface area (Å²) in [4.78, 5) is 36.0. The van der Waals surface area contributed by atoms with Crippen molar-refractivity contribution in [2.75, 3.05) is 18.2 Å². The van der Waals surface area contributed by atoms with E-state index in [1.807, 2.05) is 6.07 Å². The van der Waals surface area contributed by atoms with Gasteiger partial charge in [-0.25, -0.2) is 9.97 Å². The Balaban J connectivity index is 2.02. The molecule has 126 valence electrons. The van der Waals surface area contributed by atoms with Gasteiger partial charge in [0, 0.05) is 30.4 Å². The van der Waals surface area contributed by atoms with Crippen LogP contribution in [0.4, 0.5) is 5.82 Å². The van der Waals surface area contributed by atoms with Crippen molar-refractivity contribution >= 4 is 23.5 Å². The van der Waals surface area contributed by atoms with Crippen LogP contribution in [0, 0.1) is 0 Å². The summed E-state index contributed by atoms with van der Waals surface area (Å²) in [5, 5.41) is 3.23. The van der Waals surface area contributed by atoms with Gasteiger partial charge in [-0.05, 0) is 12.0 Å². The molecule has 0 aliphatic carbocycles. The van der Waals surface area contributed by atoms with E-state index in [0.29, 0.717) is 22.4 Å². The van der Waals surface area contributed by atoms with Crippen molar-refractivity contribution in [1.82, 2.24) is 15.0 Å². The molecule has 0 radical (unpaired) electrons. The van der Waals surface area contributed by atoms with Gasteiger partial charge in [-0.2, -0.15) is 0 Å². The molecule has 1 aliphatic heterocycles. The SMILES string of the molecule is CCCSc1nc2c(c(=O)[nH]1)C(c1ccc(OC)nc1)CC(=O)N2. The molecule has 0 spiro atoms. The van der Waals surface area contributed by atoms with E-state index in [0.717, 1.165) is 17.7 Å². The van der Waals surface area contributed by atoms with E-state index < -0.39 is 0 Å². The Morgan fingerprint density at radius 3 is 2.88 bits per heavy atom. The minimum absolute atomic E-state index is 0.159. The Hall–Kier alpha value is -2.35. The van der Waals surface area contributed by atoms with Gasteiger partial charge in [0.15, 0.2) is 5.16 Å². The van der Waals surface area contributed by atoms with Crippen molar-refractivity contribution in [3.8, 4) is 5.88 Å². The van der Waals surface area contributed by atoms with Crippen LogP contribution in [-0.2, 0) is 4.79 Å². The number of pyridine rings is 1. The minimum atomic E-state index is -0.367. The average Bonchev–Trinajstić information content (AvgIpc) is 2.59. The summed E-state index contributed by atoms with van der Waals surface area (Å²) in [5.41, 5.74) is 1.04. The molecule has 0 aromatic carbocycles. The maximum Gasteiger partial charge on any atom is 0.257 e. The van der Waals surface area contributed by atoms with Crippen LogP contribution in [0.2, 0.25) is 0 Å². The zero-order chi connectivity index (χ0) is 17.1. The molecule has 1 atom stereocenters. The lowest BCUT2D eigenvalue weighted by Gasteiger charge is -2.24. The lowest BCUT2D eigenvalue weighted by atomic mass is 9.88. The van der Waals surface area contributed by atoms with Crippen molar-refractivity contribution in [1.29, 1.82) is 0 Å². The first-order valence-electron chi connectivity index (χ1n) is 7.69. The Morgan fingerprint density at radius 1 is 1.38 bits per heavy atom. The van der Waals surface area contributed by atoms with Gasteiger partial charge in [-0.3, -0.25) is 9.59 Å². The third-order valence-electron chi connectivity index (χ3n) is 3.74. The van der Waals surface area contributed by atoms with Crippen molar-refractivity contribution in [2.45, 2.75) is 30.8 Å². The summed E-state index contributed by atoms with van der Waals surface area (Å²) in [6, 6.07) is 3.53. The average molecular weight is 346 g/mol. The van der Waals surface area contributed by atoms with E-state index in [1.54, 1.807) is 12.3 Å². The number of carbonyl (C=O) groups is 1. The molecule has 0 fully saturated rings. The first kappa shape index (κ1) is 16.5. The standard InChI is InChI=1S/C16H18N4O3S/c1-3-6-24-16-19-14-13(15(22)20-16)10(7-11(21)18-14)9-4-5-12(23-2)17-8-9/h4-5,8,10H,3,6-7H2,1-2H3,(H2,18,19,20,21,22). The molecule has 7 nitrogen and oxygen atoms in total. The molecule has 0 bridgehead atoms. The number of nitrogens with zero attached hydrogens (tertiary/aromatic N) is 2. The first-order chi connectivity index (χ1) is 11.6. The van der Waals surface area contributed by atoms with Crippen molar-refractivity contribution in [2.24, 2.45) is 0 Å². The number of carbonyl (C=O) groups excluding carboxylic acids is 1. The molecule has 2 aromatic rings. The molecule has 1 amide bonds. The minimum Gasteiger partial charge on any atom is -0.481 e. The van der Waals surface area contributed by atoms with Gasteiger partial charge < -0.3 is 15.0 Å². The van der Waals surface area contributed by atoms with Crippen LogP contribution in [0.15, 0.2) is 28.3 Å². The van der Waals surface area contributed by atoms with Crippen LogP contribution in [0.5, 0.6) is 5.88 Å². The van der Waals surface area contributed by atoms with Crippen molar-refractivity contribution < 1.29 is 9.53 Å². The lowest BCUT2D eigenvalue weighted by molar-refractivity contribution is -0.116.